The Morgan fingerprint density at radius 2 is 1.81 bits per heavy atom. The number of nitrogens with two attached hydrogens (primary N) is 3. The minimum Gasteiger partial charge on any atom is -0.480 e. The van der Waals surface area contributed by atoms with Gasteiger partial charge in [-0.25, -0.2) is 0 Å². The second-order valence-corrected chi connectivity index (χ2v) is 2.84. The maximum absolute atomic E-state index is 10.1. The predicted molar refractivity (Wildman–Crippen MR) is 57.9 cm³/mol. The SMILES string of the molecule is C=CC(N)=O.NCCCCC(N)C(=O)O.[Cu]. The summed E-state index contributed by atoms with van der Waals surface area (Å²) in [5.41, 5.74) is 15.0. The van der Waals surface area contributed by atoms with E-state index in [9.17, 15) is 9.59 Å². The van der Waals surface area contributed by atoms with Crippen LogP contribution in [-0.2, 0) is 26.7 Å². The van der Waals surface area contributed by atoms with E-state index in [1.807, 2.05) is 0 Å². The summed E-state index contributed by atoms with van der Waals surface area (Å²) in [7, 11) is 0. The van der Waals surface area contributed by atoms with Crippen molar-refractivity contribution in [3.63, 3.8) is 0 Å². The van der Waals surface area contributed by atoms with E-state index in [2.05, 4.69) is 12.3 Å². The number of unbranched alkanes of at least 4 members (excludes halogenated alkanes) is 1. The molecule has 99 valence electrons. The molecular weight excluding hydrogens is 262 g/mol. The van der Waals surface area contributed by atoms with Crippen molar-refractivity contribution in [3.05, 3.63) is 12.7 Å². The normalized spacial score (nSPS) is 10.1. The second kappa shape index (κ2) is 14.1. The van der Waals surface area contributed by atoms with Crippen molar-refractivity contribution in [1.29, 1.82) is 0 Å². The number of hydrogen-bond donors (Lipinski definition) is 4. The molecule has 0 heterocycles. The average molecular weight is 281 g/mol. The molecule has 16 heavy (non-hydrogen) atoms. The largest absolute Gasteiger partial charge is 0.480 e. The standard InChI is InChI=1S/C6H14N2O2.C3H5NO.Cu/c7-4-2-1-3-5(8)6(9)10;1-2-3(4)5;/h5H,1-4,7-8H2,(H,9,10);2H,1H2,(H2,4,5);. The average Bonchev–Trinajstić information content (AvgIpc) is 2.18. The van der Waals surface area contributed by atoms with Gasteiger partial charge in [0.2, 0.25) is 5.91 Å². The Morgan fingerprint density at radius 3 is 2.06 bits per heavy atom. The number of aliphatic carboxylic acids is 1. The zero-order chi connectivity index (χ0) is 12.3. The first-order valence-electron chi connectivity index (χ1n) is 4.56. The summed E-state index contributed by atoms with van der Waals surface area (Å²) >= 11 is 0. The Kier molecular flexibility index (Phi) is 18.1. The Bertz CT molecular complexity index is 212. The number of hydrogen-bond acceptors (Lipinski definition) is 4. The number of carbonyl (C=O) groups excluding carboxylic acids is 1. The van der Waals surface area contributed by atoms with Crippen molar-refractivity contribution in [1.82, 2.24) is 0 Å². The van der Waals surface area contributed by atoms with Crippen LogP contribution >= 0.6 is 0 Å². The Labute approximate surface area is 106 Å². The van der Waals surface area contributed by atoms with Gasteiger partial charge >= 0.3 is 5.97 Å². The Balaban J connectivity index is -0.000000242. The summed E-state index contributed by atoms with van der Waals surface area (Å²) in [4.78, 5) is 19.6. The topological polar surface area (TPSA) is 132 Å². The molecule has 1 unspecified atom stereocenters. The molecule has 1 amide bonds. The molecule has 0 aromatic rings. The third-order valence-corrected chi connectivity index (χ3v) is 1.49. The number of rotatable bonds is 6. The minimum atomic E-state index is -0.933. The van der Waals surface area contributed by atoms with Gasteiger partial charge in [0.25, 0.3) is 0 Å². The van der Waals surface area contributed by atoms with Crippen LogP contribution in [0, 0.1) is 0 Å². The van der Waals surface area contributed by atoms with Crippen LogP contribution in [0.1, 0.15) is 19.3 Å². The molecule has 0 bridgehead atoms. The van der Waals surface area contributed by atoms with Crippen LogP contribution in [0.25, 0.3) is 0 Å². The van der Waals surface area contributed by atoms with Crippen LogP contribution < -0.4 is 17.2 Å². The summed E-state index contributed by atoms with van der Waals surface area (Å²) < 4.78 is 0. The molecule has 0 aliphatic heterocycles. The van der Waals surface area contributed by atoms with Gasteiger partial charge in [0.05, 0.1) is 0 Å². The van der Waals surface area contributed by atoms with Gasteiger partial charge < -0.3 is 22.3 Å². The molecule has 0 saturated carbocycles. The van der Waals surface area contributed by atoms with Crippen LogP contribution in [0.4, 0.5) is 0 Å². The zero-order valence-electron chi connectivity index (χ0n) is 8.99. The van der Waals surface area contributed by atoms with Gasteiger partial charge in [-0.05, 0) is 25.5 Å². The maximum atomic E-state index is 10.1. The monoisotopic (exact) mass is 280 g/mol. The second-order valence-electron chi connectivity index (χ2n) is 2.84. The number of carboxylic acid groups (broad SMARTS) is 1. The molecule has 0 rings (SSSR count). The fourth-order valence-corrected chi connectivity index (χ4v) is 0.632. The third kappa shape index (κ3) is 18.8. The van der Waals surface area contributed by atoms with Crippen molar-refractivity contribution in [2.45, 2.75) is 25.3 Å². The molecule has 0 fully saturated rings. The molecule has 0 saturated heterocycles. The van der Waals surface area contributed by atoms with Crippen LogP contribution in [0.15, 0.2) is 12.7 Å². The molecule has 6 nitrogen and oxygen atoms in total. The van der Waals surface area contributed by atoms with Crippen molar-refractivity contribution < 1.29 is 31.8 Å². The summed E-state index contributed by atoms with van der Waals surface area (Å²) in [6.07, 6.45) is 3.22. The van der Waals surface area contributed by atoms with Gasteiger partial charge in [-0.2, -0.15) is 0 Å². The molecule has 0 aromatic heterocycles. The van der Waals surface area contributed by atoms with Gasteiger partial charge in [0.1, 0.15) is 6.04 Å². The number of amides is 1. The molecule has 7 N–H and O–H groups in total. The number of carbonyl (C=O) groups is 2. The van der Waals surface area contributed by atoms with Gasteiger partial charge in [-0.3, -0.25) is 9.59 Å². The molecule has 1 radical (unpaired) electrons. The molecule has 0 aliphatic rings. The first-order chi connectivity index (χ1) is 6.95. The van der Waals surface area contributed by atoms with Crippen molar-refractivity contribution in [2.75, 3.05) is 6.54 Å². The van der Waals surface area contributed by atoms with E-state index in [0.717, 1.165) is 18.9 Å². The van der Waals surface area contributed by atoms with Crippen LogP contribution in [-0.4, -0.2) is 29.6 Å². The van der Waals surface area contributed by atoms with E-state index >= 15 is 0 Å². The van der Waals surface area contributed by atoms with E-state index in [1.54, 1.807) is 0 Å². The third-order valence-electron chi connectivity index (χ3n) is 1.49. The van der Waals surface area contributed by atoms with Crippen LogP contribution in [0.5, 0.6) is 0 Å². The minimum absolute atomic E-state index is 0. The van der Waals surface area contributed by atoms with E-state index in [0.29, 0.717) is 13.0 Å². The summed E-state index contributed by atoms with van der Waals surface area (Å²) in [5.74, 6) is -1.41. The fraction of sp³-hybridized carbons (Fsp3) is 0.556. The first-order valence-corrected chi connectivity index (χ1v) is 4.56. The van der Waals surface area contributed by atoms with Gasteiger partial charge in [-0.1, -0.05) is 13.0 Å². The smallest absolute Gasteiger partial charge is 0.320 e. The predicted octanol–water partition coefficient (Wildman–Crippen LogP) is -0.817. The number of carboxylic acids is 1. The van der Waals surface area contributed by atoms with Crippen molar-refractivity contribution >= 4 is 11.9 Å². The summed E-state index contributed by atoms with van der Waals surface area (Å²) in [5, 5.41) is 8.33. The van der Waals surface area contributed by atoms with E-state index in [-0.39, 0.29) is 17.1 Å². The van der Waals surface area contributed by atoms with E-state index in [4.69, 9.17) is 16.6 Å². The molecule has 7 heteroatoms. The van der Waals surface area contributed by atoms with Crippen LogP contribution in [0.2, 0.25) is 0 Å². The molecular formula is C9H19CuN3O3. The fourth-order valence-electron chi connectivity index (χ4n) is 0.632. The van der Waals surface area contributed by atoms with Gasteiger partial charge in [0, 0.05) is 17.1 Å². The van der Waals surface area contributed by atoms with Gasteiger partial charge in [0.15, 0.2) is 0 Å². The van der Waals surface area contributed by atoms with Crippen molar-refractivity contribution in [3.8, 4) is 0 Å². The van der Waals surface area contributed by atoms with E-state index < -0.39 is 17.9 Å². The summed E-state index contributed by atoms with van der Waals surface area (Å²) in [6.45, 7) is 3.69. The van der Waals surface area contributed by atoms with Crippen LogP contribution in [0.3, 0.4) is 0 Å². The number of primary amides is 1. The van der Waals surface area contributed by atoms with E-state index in [1.165, 1.54) is 0 Å². The Morgan fingerprint density at radius 1 is 1.38 bits per heavy atom. The van der Waals surface area contributed by atoms with Gasteiger partial charge in [-0.15, -0.1) is 0 Å². The molecule has 0 aliphatic carbocycles. The maximum Gasteiger partial charge on any atom is 0.320 e. The first kappa shape index (κ1) is 20.5. The molecule has 1 atom stereocenters. The summed E-state index contributed by atoms with van der Waals surface area (Å²) in [6, 6.07) is -0.716. The quantitative estimate of drug-likeness (QED) is 0.287. The zero-order valence-corrected chi connectivity index (χ0v) is 9.93. The Hall–Kier alpha value is -0.881. The molecule has 0 aromatic carbocycles. The van der Waals surface area contributed by atoms with Crippen molar-refractivity contribution in [2.24, 2.45) is 17.2 Å². The molecule has 0 spiro atoms.